The van der Waals surface area contributed by atoms with Crippen molar-refractivity contribution in [1.82, 2.24) is 14.8 Å². The van der Waals surface area contributed by atoms with E-state index in [4.69, 9.17) is 10.8 Å². The average Bonchev–Trinajstić information content (AvgIpc) is 2.77. The number of aliphatic carboxylic acids is 1. The molecule has 19 heavy (non-hydrogen) atoms. The summed E-state index contributed by atoms with van der Waals surface area (Å²) in [7, 11) is 0. The highest BCUT2D eigenvalue weighted by atomic mass is 32.2. The predicted molar refractivity (Wildman–Crippen MR) is 74.1 cm³/mol. The molecule has 0 amide bonds. The number of carbonyl (C=O) groups is 1. The fourth-order valence-electron chi connectivity index (χ4n) is 2.83. The first-order chi connectivity index (χ1) is 9.13. The molecule has 6 nitrogen and oxygen atoms in total. The van der Waals surface area contributed by atoms with Crippen molar-refractivity contribution in [2.75, 3.05) is 11.5 Å². The van der Waals surface area contributed by atoms with Crippen LogP contribution in [0.25, 0.3) is 0 Å². The van der Waals surface area contributed by atoms with Crippen LogP contribution in [0.2, 0.25) is 0 Å². The van der Waals surface area contributed by atoms with Gasteiger partial charge in [-0.2, -0.15) is 0 Å². The zero-order valence-corrected chi connectivity index (χ0v) is 11.9. The van der Waals surface area contributed by atoms with Gasteiger partial charge in [0.1, 0.15) is 0 Å². The molecule has 3 N–H and O–H groups in total. The van der Waals surface area contributed by atoms with E-state index in [9.17, 15) is 4.79 Å². The van der Waals surface area contributed by atoms with E-state index in [2.05, 4.69) is 17.1 Å². The SMILES string of the molecule is CCC1CCCCC1n1c(N)nnc1SCC(=O)O. The largest absolute Gasteiger partial charge is 0.481 e. The van der Waals surface area contributed by atoms with Crippen LogP contribution in [0.3, 0.4) is 0 Å². The van der Waals surface area contributed by atoms with E-state index in [-0.39, 0.29) is 5.75 Å². The van der Waals surface area contributed by atoms with Crippen LogP contribution in [0, 0.1) is 5.92 Å². The standard InChI is InChI=1S/C12H20N4O2S/c1-2-8-5-3-4-6-9(8)16-11(13)14-15-12(16)19-7-10(17)18/h8-9H,2-7H2,1H3,(H2,13,14)(H,17,18). The fourth-order valence-corrected chi connectivity index (χ4v) is 3.55. The lowest BCUT2D eigenvalue weighted by atomic mass is 9.83. The molecular weight excluding hydrogens is 264 g/mol. The minimum atomic E-state index is -0.853. The zero-order chi connectivity index (χ0) is 13.8. The van der Waals surface area contributed by atoms with Gasteiger partial charge in [0, 0.05) is 6.04 Å². The van der Waals surface area contributed by atoms with Crippen molar-refractivity contribution >= 4 is 23.7 Å². The van der Waals surface area contributed by atoms with Crippen LogP contribution in [-0.4, -0.2) is 31.6 Å². The van der Waals surface area contributed by atoms with Crippen LogP contribution >= 0.6 is 11.8 Å². The molecule has 0 aromatic carbocycles. The first kappa shape index (κ1) is 14.2. The molecular formula is C12H20N4O2S. The Morgan fingerprint density at radius 2 is 2.21 bits per heavy atom. The average molecular weight is 284 g/mol. The van der Waals surface area contributed by atoms with Crippen molar-refractivity contribution in [2.24, 2.45) is 5.92 Å². The van der Waals surface area contributed by atoms with Crippen LogP contribution in [0.4, 0.5) is 5.95 Å². The van der Waals surface area contributed by atoms with Gasteiger partial charge in [0.05, 0.1) is 5.75 Å². The van der Waals surface area contributed by atoms with E-state index in [1.54, 1.807) is 0 Å². The number of thioether (sulfide) groups is 1. The molecule has 0 bridgehead atoms. The Labute approximate surface area is 116 Å². The highest BCUT2D eigenvalue weighted by Gasteiger charge is 2.29. The number of nitrogens with two attached hydrogens (primary N) is 1. The van der Waals surface area contributed by atoms with Gasteiger partial charge in [0.2, 0.25) is 5.95 Å². The Hall–Kier alpha value is -1.24. The third kappa shape index (κ3) is 3.20. The third-order valence-corrected chi connectivity index (χ3v) is 4.67. The molecule has 1 aliphatic rings. The van der Waals surface area contributed by atoms with Gasteiger partial charge in [-0.3, -0.25) is 9.36 Å². The highest BCUT2D eigenvalue weighted by molar-refractivity contribution is 7.99. The molecule has 1 saturated carbocycles. The molecule has 1 heterocycles. The lowest BCUT2D eigenvalue weighted by molar-refractivity contribution is -0.133. The number of nitrogens with zero attached hydrogens (tertiary/aromatic N) is 3. The number of anilines is 1. The van der Waals surface area contributed by atoms with Gasteiger partial charge in [0.25, 0.3) is 0 Å². The molecule has 2 rings (SSSR count). The Kier molecular flexibility index (Phi) is 4.68. The molecule has 1 aromatic heterocycles. The first-order valence-electron chi connectivity index (χ1n) is 6.68. The Balaban J connectivity index is 2.21. The molecule has 1 aromatic rings. The smallest absolute Gasteiger partial charge is 0.313 e. The second-order valence-corrected chi connectivity index (χ2v) is 5.86. The molecule has 1 fully saturated rings. The Morgan fingerprint density at radius 3 is 2.89 bits per heavy atom. The molecule has 2 unspecified atom stereocenters. The summed E-state index contributed by atoms with van der Waals surface area (Å²) >= 11 is 1.19. The number of rotatable bonds is 5. The van der Waals surface area contributed by atoms with Crippen LogP contribution in [0.5, 0.6) is 0 Å². The zero-order valence-electron chi connectivity index (χ0n) is 11.1. The van der Waals surface area contributed by atoms with E-state index in [0.29, 0.717) is 23.1 Å². The van der Waals surface area contributed by atoms with Gasteiger partial charge in [-0.15, -0.1) is 10.2 Å². The molecule has 0 radical (unpaired) electrons. The molecule has 2 atom stereocenters. The Bertz CT molecular complexity index is 449. The number of carboxylic acid groups (broad SMARTS) is 1. The van der Waals surface area contributed by atoms with E-state index in [0.717, 1.165) is 12.8 Å². The van der Waals surface area contributed by atoms with Gasteiger partial charge in [-0.05, 0) is 18.8 Å². The minimum absolute atomic E-state index is 0.0123. The Morgan fingerprint density at radius 1 is 1.47 bits per heavy atom. The number of carboxylic acids is 1. The number of hydrogen-bond donors (Lipinski definition) is 2. The number of nitrogen functional groups attached to an aromatic ring is 1. The number of hydrogen-bond acceptors (Lipinski definition) is 5. The molecule has 106 valence electrons. The predicted octanol–water partition coefficient (Wildman–Crippen LogP) is 2.18. The van der Waals surface area contributed by atoms with Gasteiger partial charge in [-0.1, -0.05) is 37.9 Å². The second kappa shape index (κ2) is 6.27. The van der Waals surface area contributed by atoms with Crippen LogP contribution in [0.1, 0.15) is 45.1 Å². The third-order valence-electron chi connectivity index (χ3n) is 3.74. The van der Waals surface area contributed by atoms with Crippen LogP contribution in [0.15, 0.2) is 5.16 Å². The van der Waals surface area contributed by atoms with E-state index in [1.165, 1.54) is 31.0 Å². The summed E-state index contributed by atoms with van der Waals surface area (Å²) in [5.74, 6) is 0.116. The molecule has 0 saturated heterocycles. The number of aromatic nitrogens is 3. The van der Waals surface area contributed by atoms with Crippen LogP contribution in [-0.2, 0) is 4.79 Å². The van der Waals surface area contributed by atoms with Crippen molar-refractivity contribution in [3.05, 3.63) is 0 Å². The van der Waals surface area contributed by atoms with Crippen LogP contribution < -0.4 is 5.73 Å². The first-order valence-corrected chi connectivity index (χ1v) is 7.67. The lowest BCUT2D eigenvalue weighted by Gasteiger charge is -2.32. The molecule has 7 heteroatoms. The van der Waals surface area contributed by atoms with Gasteiger partial charge in [-0.25, -0.2) is 0 Å². The van der Waals surface area contributed by atoms with Gasteiger partial charge < -0.3 is 10.8 Å². The summed E-state index contributed by atoms with van der Waals surface area (Å²) in [6.07, 6.45) is 5.81. The summed E-state index contributed by atoms with van der Waals surface area (Å²) in [5, 5.41) is 17.3. The normalized spacial score (nSPS) is 23.4. The van der Waals surface area contributed by atoms with Crippen molar-refractivity contribution in [1.29, 1.82) is 0 Å². The quantitative estimate of drug-likeness (QED) is 0.805. The van der Waals surface area contributed by atoms with Crippen molar-refractivity contribution in [3.63, 3.8) is 0 Å². The summed E-state index contributed by atoms with van der Waals surface area (Å²) in [6.45, 7) is 2.19. The summed E-state index contributed by atoms with van der Waals surface area (Å²) < 4.78 is 1.95. The topological polar surface area (TPSA) is 94.0 Å². The summed E-state index contributed by atoms with van der Waals surface area (Å²) in [4.78, 5) is 10.7. The monoisotopic (exact) mass is 284 g/mol. The maximum atomic E-state index is 10.7. The van der Waals surface area contributed by atoms with Crippen molar-refractivity contribution in [3.8, 4) is 0 Å². The van der Waals surface area contributed by atoms with E-state index < -0.39 is 5.97 Å². The molecule has 1 aliphatic carbocycles. The minimum Gasteiger partial charge on any atom is -0.481 e. The molecule has 0 aliphatic heterocycles. The van der Waals surface area contributed by atoms with E-state index >= 15 is 0 Å². The maximum Gasteiger partial charge on any atom is 0.313 e. The summed E-state index contributed by atoms with van der Waals surface area (Å²) in [6, 6.07) is 0.310. The van der Waals surface area contributed by atoms with Gasteiger partial charge in [0.15, 0.2) is 5.16 Å². The molecule has 0 spiro atoms. The van der Waals surface area contributed by atoms with Crippen molar-refractivity contribution < 1.29 is 9.90 Å². The van der Waals surface area contributed by atoms with Gasteiger partial charge >= 0.3 is 5.97 Å². The van der Waals surface area contributed by atoms with E-state index in [1.807, 2.05) is 4.57 Å². The fraction of sp³-hybridized carbons (Fsp3) is 0.750. The van der Waals surface area contributed by atoms with Crippen molar-refractivity contribution in [2.45, 2.75) is 50.2 Å². The maximum absolute atomic E-state index is 10.7. The highest BCUT2D eigenvalue weighted by Crippen LogP contribution is 2.39. The second-order valence-electron chi connectivity index (χ2n) is 4.91. The summed E-state index contributed by atoms with van der Waals surface area (Å²) in [5.41, 5.74) is 5.92. The lowest BCUT2D eigenvalue weighted by Crippen LogP contribution is -2.24.